The third-order valence-electron chi connectivity index (χ3n) is 0.252. The maximum Gasteiger partial charge on any atom is 0.0395 e. The van der Waals surface area contributed by atoms with Crippen LogP contribution in [0.1, 0.15) is 6.92 Å². The Balaban J connectivity index is 2.54. The van der Waals surface area contributed by atoms with Gasteiger partial charge in [0.1, 0.15) is 0 Å². The minimum Gasteiger partial charge on any atom is -0.178 e. The molecular weight excluding hydrogens is 104 g/mol. The van der Waals surface area contributed by atoms with E-state index in [1.807, 2.05) is 6.92 Å². The van der Waals surface area contributed by atoms with E-state index in [2.05, 4.69) is 12.6 Å². The van der Waals surface area contributed by atoms with Crippen molar-refractivity contribution in [3.63, 3.8) is 0 Å². The van der Waals surface area contributed by atoms with Crippen LogP contribution in [0.3, 0.4) is 0 Å². The molecule has 0 spiro atoms. The molecule has 0 bridgehead atoms. The lowest BCUT2D eigenvalue weighted by Crippen LogP contribution is -1.87. The molecule has 2 heteroatoms. The van der Waals surface area contributed by atoms with Gasteiger partial charge >= 0.3 is 0 Å². The molecule has 1 atom stereocenters. The maximum atomic E-state index is 5.39. The van der Waals surface area contributed by atoms with Crippen LogP contribution in [0.25, 0.3) is 0 Å². The van der Waals surface area contributed by atoms with E-state index in [-0.39, 0.29) is 5.38 Å². The van der Waals surface area contributed by atoms with Gasteiger partial charge in [-0.25, -0.2) is 0 Å². The molecule has 0 aliphatic heterocycles. The summed E-state index contributed by atoms with van der Waals surface area (Å²) in [6.07, 6.45) is 0. The van der Waals surface area contributed by atoms with Crippen molar-refractivity contribution < 1.29 is 0 Å². The maximum absolute atomic E-state index is 5.39. The molecule has 0 saturated heterocycles. The van der Waals surface area contributed by atoms with Crippen molar-refractivity contribution >= 4 is 24.2 Å². The Hall–Kier alpha value is 0.640. The molecule has 0 aromatic rings. The number of thiol groups is 1. The van der Waals surface area contributed by atoms with Crippen LogP contribution in [0, 0.1) is 0 Å². The van der Waals surface area contributed by atoms with E-state index >= 15 is 0 Å². The number of halogens is 1. The average Bonchev–Trinajstić information content (AvgIpc) is 1.38. The topological polar surface area (TPSA) is 0 Å². The summed E-state index contributed by atoms with van der Waals surface area (Å²) >= 11 is 9.27. The second kappa shape index (κ2) is 2.86. The van der Waals surface area contributed by atoms with Gasteiger partial charge in [-0.3, -0.25) is 0 Å². The fraction of sp³-hybridized carbons (Fsp3) is 1.00. The zero-order valence-corrected chi connectivity index (χ0v) is 4.76. The summed E-state index contributed by atoms with van der Waals surface area (Å²) in [6.45, 7) is 1.91. The molecular formula is C3H7ClS. The van der Waals surface area contributed by atoms with E-state index in [1.54, 1.807) is 0 Å². The van der Waals surface area contributed by atoms with Crippen LogP contribution >= 0.6 is 24.2 Å². The van der Waals surface area contributed by atoms with Gasteiger partial charge in [-0.2, -0.15) is 12.6 Å². The van der Waals surface area contributed by atoms with Gasteiger partial charge in [-0.1, -0.05) is 0 Å². The molecule has 0 rings (SSSR count). The van der Waals surface area contributed by atoms with Crippen molar-refractivity contribution in [1.82, 2.24) is 0 Å². The van der Waals surface area contributed by atoms with E-state index < -0.39 is 0 Å². The number of alkyl halides is 1. The first kappa shape index (κ1) is 5.64. The second-order valence-corrected chi connectivity index (χ2v) is 2.07. The zero-order valence-electron chi connectivity index (χ0n) is 3.11. The van der Waals surface area contributed by atoms with Gasteiger partial charge in [0, 0.05) is 11.1 Å². The summed E-state index contributed by atoms with van der Waals surface area (Å²) in [5.74, 6) is 0.765. The molecule has 0 aliphatic rings. The van der Waals surface area contributed by atoms with Gasteiger partial charge in [0.15, 0.2) is 0 Å². The molecule has 0 heterocycles. The lowest BCUT2D eigenvalue weighted by molar-refractivity contribution is 1.12. The summed E-state index contributed by atoms with van der Waals surface area (Å²) in [4.78, 5) is 0. The fourth-order valence-electron chi connectivity index (χ4n) is 0. The largest absolute Gasteiger partial charge is 0.178 e. The molecule has 0 fully saturated rings. The van der Waals surface area contributed by atoms with Crippen molar-refractivity contribution in [2.45, 2.75) is 12.3 Å². The molecule has 5 heavy (non-hydrogen) atoms. The fourth-order valence-corrected chi connectivity index (χ4v) is 0. The first-order valence-corrected chi connectivity index (χ1v) is 2.59. The molecule has 1 unspecified atom stereocenters. The van der Waals surface area contributed by atoms with Crippen LogP contribution in [-0.4, -0.2) is 11.1 Å². The Labute approximate surface area is 42.9 Å². The van der Waals surface area contributed by atoms with Gasteiger partial charge in [0.25, 0.3) is 0 Å². The Morgan fingerprint density at radius 1 is 2.00 bits per heavy atom. The van der Waals surface area contributed by atoms with E-state index in [9.17, 15) is 0 Å². The predicted octanol–water partition coefficient (Wildman–Crippen LogP) is 1.54. The molecule has 0 N–H and O–H groups in total. The molecule has 0 nitrogen and oxygen atoms in total. The Morgan fingerprint density at radius 3 is 2.20 bits per heavy atom. The molecule has 0 aromatic carbocycles. The van der Waals surface area contributed by atoms with Crippen molar-refractivity contribution in [3.05, 3.63) is 0 Å². The summed E-state index contributed by atoms with van der Waals surface area (Å²) in [5, 5.41) is 0.221. The minimum atomic E-state index is 0.221. The van der Waals surface area contributed by atoms with Gasteiger partial charge in [-0.15, -0.1) is 11.6 Å². The van der Waals surface area contributed by atoms with Crippen molar-refractivity contribution in [1.29, 1.82) is 0 Å². The highest BCUT2D eigenvalue weighted by Crippen LogP contribution is 1.92. The molecule has 0 amide bonds. The van der Waals surface area contributed by atoms with Crippen molar-refractivity contribution in [2.75, 3.05) is 5.75 Å². The first-order valence-electron chi connectivity index (χ1n) is 1.52. The highest BCUT2D eigenvalue weighted by atomic mass is 35.5. The highest BCUT2D eigenvalue weighted by Gasteiger charge is 1.84. The number of rotatable bonds is 1. The Morgan fingerprint density at radius 2 is 2.20 bits per heavy atom. The summed E-state index contributed by atoms with van der Waals surface area (Å²) in [7, 11) is 0. The van der Waals surface area contributed by atoms with Gasteiger partial charge in [-0.05, 0) is 6.92 Å². The van der Waals surface area contributed by atoms with E-state index in [4.69, 9.17) is 11.6 Å². The second-order valence-electron chi connectivity index (χ2n) is 0.963. The van der Waals surface area contributed by atoms with Gasteiger partial charge in [0.2, 0.25) is 0 Å². The molecule has 0 aliphatic carbocycles. The quantitative estimate of drug-likeness (QED) is 0.384. The van der Waals surface area contributed by atoms with Crippen LogP contribution in [0.2, 0.25) is 0 Å². The van der Waals surface area contributed by atoms with Crippen LogP contribution in [0.5, 0.6) is 0 Å². The monoisotopic (exact) mass is 110 g/mol. The van der Waals surface area contributed by atoms with Crippen LogP contribution in [-0.2, 0) is 0 Å². The van der Waals surface area contributed by atoms with Crippen LogP contribution in [0.15, 0.2) is 0 Å². The first-order chi connectivity index (χ1) is 2.27. The molecule has 0 aromatic heterocycles. The Bertz CT molecular complexity index is 20.9. The summed E-state index contributed by atoms with van der Waals surface area (Å²) < 4.78 is 0. The lowest BCUT2D eigenvalue weighted by Gasteiger charge is -1.86. The zero-order chi connectivity index (χ0) is 4.28. The van der Waals surface area contributed by atoms with Crippen molar-refractivity contribution in [3.8, 4) is 0 Å². The third-order valence-corrected chi connectivity index (χ3v) is 1.17. The molecule has 0 radical (unpaired) electrons. The average molecular weight is 111 g/mol. The summed E-state index contributed by atoms with van der Waals surface area (Å²) in [5.41, 5.74) is 0. The third kappa shape index (κ3) is 4.64. The van der Waals surface area contributed by atoms with E-state index in [1.165, 1.54) is 0 Å². The number of hydrogen-bond donors (Lipinski definition) is 1. The molecule has 0 saturated carbocycles. The van der Waals surface area contributed by atoms with E-state index in [0.717, 1.165) is 5.75 Å². The van der Waals surface area contributed by atoms with Gasteiger partial charge in [0.05, 0.1) is 0 Å². The van der Waals surface area contributed by atoms with E-state index in [0.29, 0.717) is 0 Å². The van der Waals surface area contributed by atoms with Gasteiger partial charge < -0.3 is 0 Å². The normalized spacial score (nSPS) is 15.0. The van der Waals surface area contributed by atoms with Crippen LogP contribution < -0.4 is 0 Å². The van der Waals surface area contributed by atoms with Crippen LogP contribution in [0.4, 0.5) is 0 Å². The standard InChI is InChI=1S/C3H7ClS/c1-3(4)2-5/h3,5H,2H2,1H3. The van der Waals surface area contributed by atoms with Crippen molar-refractivity contribution in [2.24, 2.45) is 0 Å². The predicted molar refractivity (Wildman–Crippen MR) is 29.2 cm³/mol. The SMILES string of the molecule is CC(Cl)CS. The molecule has 32 valence electrons. The Kier molecular flexibility index (Phi) is 3.22. The number of hydrogen-bond acceptors (Lipinski definition) is 1. The lowest BCUT2D eigenvalue weighted by atomic mass is 10.6. The highest BCUT2D eigenvalue weighted by molar-refractivity contribution is 7.80. The minimum absolute atomic E-state index is 0.221. The summed E-state index contributed by atoms with van der Waals surface area (Å²) in [6, 6.07) is 0. The smallest absolute Gasteiger partial charge is 0.0395 e.